The highest BCUT2D eigenvalue weighted by Gasteiger charge is 2.13. The topological polar surface area (TPSA) is 34.9 Å². The molecule has 5 heteroatoms. The van der Waals surface area contributed by atoms with Crippen LogP contribution in [0, 0.1) is 0 Å². The van der Waals surface area contributed by atoms with Crippen LogP contribution in [0.1, 0.15) is 16.1 Å². The molecule has 0 N–H and O–H groups in total. The molecule has 0 aliphatic heterocycles. The van der Waals surface area contributed by atoms with Crippen molar-refractivity contribution in [2.75, 3.05) is 0 Å². The smallest absolute Gasteiger partial charge is 0.213 e. The first-order chi connectivity index (χ1) is 7.56. The fourth-order valence-corrected chi connectivity index (χ4v) is 1.90. The second kappa shape index (κ2) is 4.28. The fourth-order valence-electron chi connectivity index (χ4n) is 1.37. The monoisotopic (exact) mass is 254 g/mol. The Labute approximate surface area is 103 Å². The summed E-state index contributed by atoms with van der Waals surface area (Å²) in [5.41, 5.74) is 0.817. The van der Waals surface area contributed by atoms with Gasteiger partial charge in [-0.05, 0) is 24.3 Å². The van der Waals surface area contributed by atoms with Crippen molar-refractivity contribution < 1.29 is 4.79 Å². The van der Waals surface area contributed by atoms with Crippen LogP contribution < -0.4 is 0 Å². The molecule has 0 radical (unpaired) electrons. The molecule has 0 atom stereocenters. The number of halogens is 2. The van der Waals surface area contributed by atoms with Gasteiger partial charge >= 0.3 is 0 Å². The van der Waals surface area contributed by atoms with Gasteiger partial charge in [-0.2, -0.15) is 5.10 Å². The average molecular weight is 255 g/mol. The molecule has 1 aromatic heterocycles. The summed E-state index contributed by atoms with van der Waals surface area (Å²) >= 11 is 11.6. The molecule has 0 saturated heterocycles. The molecule has 0 aliphatic rings. The molecule has 0 bridgehead atoms. The molecule has 2 aromatic rings. The third kappa shape index (κ3) is 2.26. The highest BCUT2D eigenvalue weighted by atomic mass is 35.5. The van der Waals surface area contributed by atoms with E-state index < -0.39 is 0 Å². The molecule has 0 spiro atoms. The van der Waals surface area contributed by atoms with E-state index in [1.165, 1.54) is 0 Å². The number of benzene rings is 1. The molecule has 0 amide bonds. The number of aromatic nitrogens is 2. The molecule has 0 saturated carbocycles. The number of carbonyl (C=O) groups is 1. The van der Waals surface area contributed by atoms with Crippen LogP contribution in [-0.4, -0.2) is 15.6 Å². The maximum absolute atomic E-state index is 12.0. The van der Waals surface area contributed by atoms with Crippen molar-refractivity contribution in [1.82, 2.24) is 9.78 Å². The second-order valence-electron chi connectivity index (χ2n) is 3.36. The zero-order valence-electron chi connectivity index (χ0n) is 8.45. The zero-order valence-corrected chi connectivity index (χ0v) is 9.96. The lowest BCUT2D eigenvalue weighted by Gasteiger charge is -1.99. The van der Waals surface area contributed by atoms with Crippen LogP contribution in [0.3, 0.4) is 0 Å². The number of carbonyl (C=O) groups excluding carboxylic acids is 1. The Hall–Kier alpha value is -1.32. The number of aryl methyl sites for hydroxylation is 1. The van der Waals surface area contributed by atoms with E-state index in [1.807, 2.05) is 0 Å². The van der Waals surface area contributed by atoms with Gasteiger partial charge in [0.15, 0.2) is 0 Å². The van der Waals surface area contributed by atoms with Crippen LogP contribution in [0.4, 0.5) is 0 Å². The Morgan fingerprint density at radius 1 is 1.25 bits per heavy atom. The summed E-state index contributed by atoms with van der Waals surface area (Å²) in [4.78, 5) is 12.0. The van der Waals surface area contributed by atoms with Gasteiger partial charge in [-0.15, -0.1) is 0 Å². The largest absolute Gasteiger partial charge is 0.287 e. The van der Waals surface area contributed by atoms with Gasteiger partial charge in [-0.3, -0.25) is 9.48 Å². The van der Waals surface area contributed by atoms with E-state index >= 15 is 0 Å². The van der Waals surface area contributed by atoms with Crippen LogP contribution in [0.5, 0.6) is 0 Å². The van der Waals surface area contributed by atoms with Crippen molar-refractivity contribution in [3.63, 3.8) is 0 Å². The Morgan fingerprint density at radius 3 is 2.38 bits per heavy atom. The van der Waals surface area contributed by atoms with Crippen LogP contribution in [0.25, 0.3) is 0 Å². The van der Waals surface area contributed by atoms with Gasteiger partial charge in [0, 0.05) is 28.9 Å². The molecular weight excluding hydrogens is 247 g/mol. The molecule has 1 aromatic carbocycles. The summed E-state index contributed by atoms with van der Waals surface area (Å²) in [6.45, 7) is 0. The summed E-state index contributed by atoms with van der Waals surface area (Å²) in [6.07, 6.45) is 1.71. The highest BCUT2D eigenvalue weighted by Crippen LogP contribution is 2.20. The highest BCUT2D eigenvalue weighted by molar-refractivity contribution is 6.35. The van der Waals surface area contributed by atoms with Gasteiger partial charge in [0.2, 0.25) is 5.78 Å². The lowest BCUT2D eigenvalue weighted by atomic mass is 10.1. The molecule has 3 nitrogen and oxygen atoms in total. The van der Waals surface area contributed by atoms with Gasteiger partial charge in [0.05, 0.1) is 0 Å². The van der Waals surface area contributed by atoms with E-state index in [1.54, 1.807) is 42.2 Å². The van der Waals surface area contributed by atoms with Gasteiger partial charge in [-0.25, -0.2) is 0 Å². The van der Waals surface area contributed by atoms with E-state index in [9.17, 15) is 4.79 Å². The number of hydrogen-bond donors (Lipinski definition) is 0. The van der Waals surface area contributed by atoms with E-state index in [0.29, 0.717) is 21.3 Å². The normalized spacial score (nSPS) is 10.4. The van der Waals surface area contributed by atoms with Crippen molar-refractivity contribution in [3.8, 4) is 0 Å². The third-order valence-corrected chi connectivity index (χ3v) is 2.51. The van der Waals surface area contributed by atoms with Gasteiger partial charge in [0.25, 0.3) is 0 Å². The second-order valence-corrected chi connectivity index (χ2v) is 4.23. The van der Waals surface area contributed by atoms with Crippen LogP contribution in [-0.2, 0) is 7.05 Å². The minimum Gasteiger partial charge on any atom is -0.287 e. The van der Waals surface area contributed by atoms with Crippen molar-refractivity contribution >= 4 is 29.0 Å². The fraction of sp³-hybridized carbons (Fsp3) is 0.0909. The maximum Gasteiger partial charge on any atom is 0.213 e. The van der Waals surface area contributed by atoms with Crippen LogP contribution in [0.2, 0.25) is 10.0 Å². The quantitative estimate of drug-likeness (QED) is 0.773. The minimum atomic E-state index is -0.190. The first-order valence-electron chi connectivity index (χ1n) is 4.57. The zero-order chi connectivity index (χ0) is 11.7. The van der Waals surface area contributed by atoms with E-state index in [-0.39, 0.29) is 5.78 Å². The predicted octanol–water partition coefficient (Wildman–Crippen LogP) is 2.96. The van der Waals surface area contributed by atoms with Crippen molar-refractivity contribution in [2.24, 2.45) is 7.05 Å². The molecule has 16 heavy (non-hydrogen) atoms. The lowest BCUT2D eigenvalue weighted by Crippen LogP contribution is -2.03. The van der Waals surface area contributed by atoms with E-state index in [2.05, 4.69) is 5.10 Å². The molecule has 0 fully saturated rings. The molecule has 1 heterocycles. The summed E-state index contributed by atoms with van der Waals surface area (Å²) in [5, 5.41) is 4.90. The average Bonchev–Trinajstić information content (AvgIpc) is 2.62. The van der Waals surface area contributed by atoms with Gasteiger partial charge in [0.1, 0.15) is 5.69 Å². The van der Waals surface area contributed by atoms with Crippen LogP contribution >= 0.6 is 23.2 Å². The molecule has 0 unspecified atom stereocenters. The standard InChI is InChI=1S/C11H8Cl2N2O/c1-15-3-2-10(14-15)11(16)7-4-8(12)6-9(13)5-7/h2-6H,1H3. The number of ketones is 1. The van der Waals surface area contributed by atoms with Crippen molar-refractivity contribution in [2.45, 2.75) is 0 Å². The van der Waals surface area contributed by atoms with Crippen molar-refractivity contribution in [1.29, 1.82) is 0 Å². The first kappa shape index (κ1) is 11.2. The summed E-state index contributed by atoms with van der Waals surface area (Å²) in [5.74, 6) is -0.190. The van der Waals surface area contributed by atoms with Crippen LogP contribution in [0.15, 0.2) is 30.5 Å². The van der Waals surface area contributed by atoms with Crippen molar-refractivity contribution in [3.05, 3.63) is 51.8 Å². The Morgan fingerprint density at radius 2 is 1.88 bits per heavy atom. The van der Waals surface area contributed by atoms with E-state index in [4.69, 9.17) is 23.2 Å². The molecular formula is C11H8Cl2N2O. The third-order valence-electron chi connectivity index (χ3n) is 2.07. The molecule has 0 aliphatic carbocycles. The summed E-state index contributed by atoms with van der Waals surface area (Å²) < 4.78 is 1.57. The lowest BCUT2D eigenvalue weighted by molar-refractivity contribution is 0.103. The minimum absolute atomic E-state index is 0.190. The maximum atomic E-state index is 12.0. The summed E-state index contributed by atoms with van der Waals surface area (Å²) in [6, 6.07) is 6.38. The SMILES string of the molecule is Cn1ccc(C(=O)c2cc(Cl)cc(Cl)c2)n1. The Bertz CT molecular complexity index is 528. The number of rotatable bonds is 2. The van der Waals surface area contributed by atoms with E-state index in [0.717, 1.165) is 0 Å². The first-order valence-corrected chi connectivity index (χ1v) is 5.32. The predicted molar refractivity (Wildman–Crippen MR) is 63.1 cm³/mol. The molecule has 82 valence electrons. The van der Waals surface area contributed by atoms with Gasteiger partial charge in [-0.1, -0.05) is 23.2 Å². The summed E-state index contributed by atoms with van der Waals surface area (Å²) in [7, 11) is 1.75. The Kier molecular flexibility index (Phi) is 2.99. The number of hydrogen-bond acceptors (Lipinski definition) is 2. The molecule has 2 rings (SSSR count). The Balaban J connectivity index is 2.41. The van der Waals surface area contributed by atoms with Gasteiger partial charge < -0.3 is 0 Å². The number of nitrogens with zero attached hydrogens (tertiary/aromatic N) is 2.